The van der Waals surface area contributed by atoms with Crippen molar-refractivity contribution in [2.24, 2.45) is 0 Å². The zero-order valence-corrected chi connectivity index (χ0v) is 7.99. The Kier molecular flexibility index (Phi) is 7.04. The predicted molar refractivity (Wildman–Crippen MR) is 45.6 cm³/mol. The second-order valence-electron chi connectivity index (χ2n) is 2.98. The molecular formula is C9H17F3O. The fourth-order valence-electron chi connectivity index (χ4n) is 1.03. The van der Waals surface area contributed by atoms with Crippen molar-refractivity contribution < 1.29 is 17.9 Å². The van der Waals surface area contributed by atoms with E-state index < -0.39 is 12.6 Å². The summed E-state index contributed by atoms with van der Waals surface area (Å²) in [4.78, 5) is 0. The molecule has 0 unspecified atom stereocenters. The Morgan fingerprint density at radius 3 is 2.15 bits per heavy atom. The lowest BCUT2D eigenvalue weighted by Crippen LogP contribution is -2.06. The topological polar surface area (TPSA) is 9.23 Å². The fourth-order valence-corrected chi connectivity index (χ4v) is 1.03. The third-order valence-corrected chi connectivity index (χ3v) is 1.70. The Hall–Kier alpha value is -0.250. The van der Waals surface area contributed by atoms with Crippen LogP contribution in [0.4, 0.5) is 13.2 Å². The molecule has 0 aliphatic heterocycles. The van der Waals surface area contributed by atoms with Gasteiger partial charge in [-0.05, 0) is 19.8 Å². The minimum absolute atomic E-state index is 0.246. The third kappa shape index (κ3) is 11.8. The van der Waals surface area contributed by atoms with Crippen molar-refractivity contribution in [3.63, 3.8) is 0 Å². The SMILES string of the molecule is CCOCCCCCCC(F)(F)F. The summed E-state index contributed by atoms with van der Waals surface area (Å²) in [6.45, 7) is 3.26. The first-order chi connectivity index (χ1) is 6.06. The van der Waals surface area contributed by atoms with Gasteiger partial charge in [-0.15, -0.1) is 0 Å². The van der Waals surface area contributed by atoms with E-state index in [1.54, 1.807) is 0 Å². The standard InChI is InChI=1S/C9H17F3O/c1-2-13-8-6-4-3-5-7-9(10,11)12/h2-8H2,1H3. The van der Waals surface area contributed by atoms with Crippen molar-refractivity contribution in [1.29, 1.82) is 0 Å². The van der Waals surface area contributed by atoms with Gasteiger partial charge in [0.2, 0.25) is 0 Å². The molecule has 0 radical (unpaired) electrons. The summed E-state index contributed by atoms with van der Waals surface area (Å²) in [5.74, 6) is 0. The van der Waals surface area contributed by atoms with Crippen molar-refractivity contribution in [3.05, 3.63) is 0 Å². The lowest BCUT2D eigenvalue weighted by molar-refractivity contribution is -0.135. The Bertz CT molecular complexity index is 112. The Morgan fingerprint density at radius 1 is 1.00 bits per heavy atom. The minimum atomic E-state index is -3.99. The summed E-state index contributed by atoms with van der Waals surface area (Å²) < 4.78 is 40.0. The molecule has 0 atom stereocenters. The van der Waals surface area contributed by atoms with Crippen LogP contribution in [0.2, 0.25) is 0 Å². The van der Waals surface area contributed by atoms with Gasteiger partial charge in [0.05, 0.1) is 0 Å². The summed E-state index contributed by atoms with van der Waals surface area (Å²) in [5.41, 5.74) is 0. The molecule has 0 aromatic rings. The minimum Gasteiger partial charge on any atom is -0.382 e. The number of ether oxygens (including phenoxy) is 1. The molecule has 0 aromatic heterocycles. The van der Waals surface area contributed by atoms with Crippen LogP contribution in [-0.2, 0) is 4.74 Å². The average molecular weight is 198 g/mol. The molecular weight excluding hydrogens is 181 g/mol. The van der Waals surface area contributed by atoms with Crippen LogP contribution in [0.15, 0.2) is 0 Å². The molecule has 4 heteroatoms. The highest BCUT2D eigenvalue weighted by molar-refractivity contribution is 4.51. The lowest BCUT2D eigenvalue weighted by Gasteiger charge is -2.05. The van der Waals surface area contributed by atoms with Gasteiger partial charge in [-0.25, -0.2) is 0 Å². The maximum absolute atomic E-state index is 11.7. The van der Waals surface area contributed by atoms with E-state index in [1.807, 2.05) is 6.92 Å². The summed E-state index contributed by atoms with van der Waals surface area (Å²) >= 11 is 0. The highest BCUT2D eigenvalue weighted by Crippen LogP contribution is 2.22. The monoisotopic (exact) mass is 198 g/mol. The molecule has 0 heterocycles. The molecule has 0 spiro atoms. The second kappa shape index (κ2) is 7.18. The van der Waals surface area contributed by atoms with E-state index in [-0.39, 0.29) is 6.42 Å². The van der Waals surface area contributed by atoms with Crippen LogP contribution in [0.3, 0.4) is 0 Å². The molecule has 0 rings (SSSR count). The number of unbranched alkanes of at least 4 members (excludes halogenated alkanes) is 3. The predicted octanol–water partition coefficient (Wildman–Crippen LogP) is 3.54. The fraction of sp³-hybridized carbons (Fsp3) is 1.00. The average Bonchev–Trinajstić information content (AvgIpc) is 2.01. The molecule has 0 amide bonds. The van der Waals surface area contributed by atoms with Crippen LogP contribution in [0.25, 0.3) is 0 Å². The number of alkyl halides is 3. The van der Waals surface area contributed by atoms with Gasteiger partial charge in [0.15, 0.2) is 0 Å². The van der Waals surface area contributed by atoms with Crippen LogP contribution >= 0.6 is 0 Å². The molecule has 80 valence electrons. The van der Waals surface area contributed by atoms with Gasteiger partial charge < -0.3 is 4.74 Å². The van der Waals surface area contributed by atoms with Gasteiger partial charge in [-0.2, -0.15) is 13.2 Å². The molecule has 0 saturated heterocycles. The number of rotatable bonds is 7. The number of hydrogen-bond donors (Lipinski definition) is 0. The van der Waals surface area contributed by atoms with Gasteiger partial charge in [0, 0.05) is 19.6 Å². The van der Waals surface area contributed by atoms with E-state index in [1.165, 1.54) is 0 Å². The zero-order valence-electron chi connectivity index (χ0n) is 7.99. The van der Waals surface area contributed by atoms with Gasteiger partial charge in [0.25, 0.3) is 0 Å². The van der Waals surface area contributed by atoms with E-state index in [4.69, 9.17) is 4.74 Å². The first kappa shape index (κ1) is 12.8. The highest BCUT2D eigenvalue weighted by Gasteiger charge is 2.25. The Balaban J connectivity index is 3.00. The lowest BCUT2D eigenvalue weighted by atomic mass is 10.1. The summed E-state index contributed by atoms with van der Waals surface area (Å²) in [6.07, 6.45) is -2.05. The van der Waals surface area contributed by atoms with Gasteiger partial charge >= 0.3 is 6.18 Å². The Labute approximate surface area is 77.3 Å². The van der Waals surface area contributed by atoms with Crippen molar-refractivity contribution in [2.45, 2.75) is 45.2 Å². The Morgan fingerprint density at radius 2 is 1.62 bits per heavy atom. The molecule has 0 aromatic carbocycles. The third-order valence-electron chi connectivity index (χ3n) is 1.70. The first-order valence-electron chi connectivity index (χ1n) is 4.70. The largest absolute Gasteiger partial charge is 0.389 e. The molecule has 0 aliphatic carbocycles. The van der Waals surface area contributed by atoms with E-state index in [0.29, 0.717) is 19.6 Å². The molecule has 0 N–H and O–H groups in total. The van der Waals surface area contributed by atoms with E-state index in [0.717, 1.165) is 12.8 Å². The number of halogens is 3. The van der Waals surface area contributed by atoms with Crippen molar-refractivity contribution in [3.8, 4) is 0 Å². The second-order valence-corrected chi connectivity index (χ2v) is 2.98. The number of hydrogen-bond acceptors (Lipinski definition) is 1. The molecule has 0 fully saturated rings. The van der Waals surface area contributed by atoms with Crippen molar-refractivity contribution in [1.82, 2.24) is 0 Å². The maximum atomic E-state index is 11.7. The van der Waals surface area contributed by atoms with Crippen molar-refractivity contribution in [2.75, 3.05) is 13.2 Å². The smallest absolute Gasteiger partial charge is 0.382 e. The van der Waals surface area contributed by atoms with Crippen LogP contribution < -0.4 is 0 Å². The summed E-state index contributed by atoms with van der Waals surface area (Å²) in [7, 11) is 0. The quantitative estimate of drug-likeness (QED) is 0.568. The molecule has 0 saturated carbocycles. The summed E-state index contributed by atoms with van der Waals surface area (Å²) in [6, 6.07) is 0. The van der Waals surface area contributed by atoms with Crippen LogP contribution in [-0.4, -0.2) is 19.4 Å². The van der Waals surface area contributed by atoms with Crippen molar-refractivity contribution >= 4 is 0 Å². The zero-order chi connectivity index (χ0) is 10.2. The van der Waals surface area contributed by atoms with Crippen LogP contribution in [0.1, 0.15) is 39.0 Å². The molecule has 0 bridgehead atoms. The van der Waals surface area contributed by atoms with Gasteiger partial charge in [-0.1, -0.05) is 12.8 Å². The van der Waals surface area contributed by atoms with E-state index in [9.17, 15) is 13.2 Å². The van der Waals surface area contributed by atoms with E-state index in [2.05, 4.69) is 0 Å². The summed E-state index contributed by atoms with van der Waals surface area (Å²) in [5, 5.41) is 0. The normalized spacial score (nSPS) is 12.0. The van der Waals surface area contributed by atoms with Gasteiger partial charge in [0.1, 0.15) is 0 Å². The van der Waals surface area contributed by atoms with Crippen LogP contribution in [0.5, 0.6) is 0 Å². The molecule has 1 nitrogen and oxygen atoms in total. The maximum Gasteiger partial charge on any atom is 0.389 e. The van der Waals surface area contributed by atoms with Crippen LogP contribution in [0, 0.1) is 0 Å². The highest BCUT2D eigenvalue weighted by atomic mass is 19.4. The van der Waals surface area contributed by atoms with E-state index >= 15 is 0 Å². The molecule has 13 heavy (non-hydrogen) atoms. The molecule has 0 aliphatic rings. The van der Waals surface area contributed by atoms with Gasteiger partial charge in [-0.3, -0.25) is 0 Å². The first-order valence-corrected chi connectivity index (χ1v) is 4.70.